The largest absolute Gasteiger partial charge is 0.388 e. The summed E-state index contributed by atoms with van der Waals surface area (Å²) in [6.45, 7) is 8.77. The smallest absolute Gasteiger partial charge is 0.0802 e. The SMILES string of the molecule is CC(C)(C)N1CCC[C@@](O)(C2CC2)C1. The normalized spacial score (nSPS) is 36.0. The summed E-state index contributed by atoms with van der Waals surface area (Å²) < 4.78 is 0. The molecule has 1 aliphatic carbocycles. The topological polar surface area (TPSA) is 23.5 Å². The molecule has 0 aromatic heterocycles. The van der Waals surface area contributed by atoms with Gasteiger partial charge in [0.05, 0.1) is 5.60 Å². The second kappa shape index (κ2) is 3.21. The van der Waals surface area contributed by atoms with Gasteiger partial charge in [-0.05, 0) is 58.9 Å². The summed E-state index contributed by atoms with van der Waals surface area (Å²) in [5, 5.41) is 10.5. The maximum atomic E-state index is 10.5. The van der Waals surface area contributed by atoms with Gasteiger partial charge in [-0.25, -0.2) is 0 Å². The molecule has 14 heavy (non-hydrogen) atoms. The lowest BCUT2D eigenvalue weighted by Gasteiger charge is -2.46. The summed E-state index contributed by atoms with van der Waals surface area (Å²) in [6, 6.07) is 0. The van der Waals surface area contributed by atoms with Crippen LogP contribution in [0.3, 0.4) is 0 Å². The van der Waals surface area contributed by atoms with Crippen molar-refractivity contribution in [3.05, 3.63) is 0 Å². The molecule has 0 aromatic rings. The van der Waals surface area contributed by atoms with Crippen molar-refractivity contribution < 1.29 is 5.11 Å². The van der Waals surface area contributed by atoms with Crippen molar-refractivity contribution in [2.45, 2.75) is 57.6 Å². The van der Waals surface area contributed by atoms with E-state index in [1.165, 1.54) is 12.8 Å². The molecule has 1 aliphatic heterocycles. The Bertz CT molecular complexity index is 217. The lowest BCUT2D eigenvalue weighted by molar-refractivity contribution is -0.0715. The van der Waals surface area contributed by atoms with E-state index >= 15 is 0 Å². The van der Waals surface area contributed by atoms with Gasteiger partial charge < -0.3 is 5.11 Å². The molecule has 0 radical (unpaired) electrons. The van der Waals surface area contributed by atoms with Crippen molar-refractivity contribution in [1.82, 2.24) is 4.90 Å². The molecule has 1 saturated carbocycles. The highest BCUT2D eigenvalue weighted by atomic mass is 16.3. The van der Waals surface area contributed by atoms with Gasteiger partial charge in [0.25, 0.3) is 0 Å². The van der Waals surface area contributed by atoms with E-state index < -0.39 is 0 Å². The average Bonchev–Trinajstić information content (AvgIpc) is 2.84. The van der Waals surface area contributed by atoms with E-state index in [2.05, 4.69) is 25.7 Å². The summed E-state index contributed by atoms with van der Waals surface area (Å²) in [5.74, 6) is 0.604. The molecule has 2 nitrogen and oxygen atoms in total. The zero-order valence-corrected chi connectivity index (χ0v) is 9.71. The maximum Gasteiger partial charge on any atom is 0.0802 e. The molecule has 82 valence electrons. The van der Waals surface area contributed by atoms with Gasteiger partial charge in [-0.2, -0.15) is 0 Å². The molecule has 0 unspecified atom stereocenters. The molecule has 0 aromatic carbocycles. The van der Waals surface area contributed by atoms with Crippen LogP contribution in [0.2, 0.25) is 0 Å². The van der Waals surface area contributed by atoms with Crippen molar-refractivity contribution >= 4 is 0 Å². The van der Waals surface area contributed by atoms with Crippen molar-refractivity contribution in [2.24, 2.45) is 5.92 Å². The van der Waals surface area contributed by atoms with E-state index in [9.17, 15) is 5.11 Å². The predicted molar refractivity (Wildman–Crippen MR) is 58.2 cm³/mol. The number of rotatable bonds is 1. The van der Waals surface area contributed by atoms with Crippen LogP contribution < -0.4 is 0 Å². The molecular formula is C12H23NO. The molecule has 2 rings (SSSR count). The number of piperidine rings is 1. The molecule has 1 heterocycles. The summed E-state index contributed by atoms with van der Waals surface area (Å²) in [4.78, 5) is 2.44. The fourth-order valence-electron chi connectivity index (χ4n) is 2.59. The molecule has 1 N–H and O–H groups in total. The Labute approximate surface area is 87.3 Å². The van der Waals surface area contributed by atoms with Gasteiger partial charge >= 0.3 is 0 Å². The fourth-order valence-corrected chi connectivity index (χ4v) is 2.59. The van der Waals surface area contributed by atoms with Crippen LogP contribution in [0.15, 0.2) is 0 Å². The van der Waals surface area contributed by atoms with Gasteiger partial charge in [0.2, 0.25) is 0 Å². The van der Waals surface area contributed by atoms with Crippen LogP contribution >= 0.6 is 0 Å². The highest BCUT2D eigenvalue weighted by Gasteiger charge is 2.47. The van der Waals surface area contributed by atoms with Gasteiger partial charge in [-0.3, -0.25) is 4.90 Å². The molecule has 0 bridgehead atoms. The van der Waals surface area contributed by atoms with Crippen molar-refractivity contribution in [3.8, 4) is 0 Å². The summed E-state index contributed by atoms with van der Waals surface area (Å²) in [6.07, 6.45) is 4.66. The van der Waals surface area contributed by atoms with E-state index in [0.29, 0.717) is 5.92 Å². The number of nitrogens with zero attached hydrogens (tertiary/aromatic N) is 1. The molecule has 2 fully saturated rings. The van der Waals surface area contributed by atoms with E-state index in [0.717, 1.165) is 25.9 Å². The third-order valence-electron chi connectivity index (χ3n) is 3.79. The number of likely N-dealkylation sites (tertiary alicyclic amines) is 1. The number of β-amino-alcohol motifs (C(OH)–C–C–N with tert-alkyl or cyclic N) is 1. The predicted octanol–water partition coefficient (Wildman–Crippen LogP) is 2.02. The third-order valence-corrected chi connectivity index (χ3v) is 3.79. The minimum absolute atomic E-state index is 0.212. The van der Waals surface area contributed by atoms with Crippen LogP contribution in [0.5, 0.6) is 0 Å². The first-order valence-corrected chi connectivity index (χ1v) is 5.89. The Hall–Kier alpha value is -0.0800. The summed E-state index contributed by atoms with van der Waals surface area (Å²) >= 11 is 0. The number of hydrogen-bond donors (Lipinski definition) is 1. The van der Waals surface area contributed by atoms with Crippen LogP contribution in [-0.2, 0) is 0 Å². The van der Waals surface area contributed by atoms with Gasteiger partial charge in [0.15, 0.2) is 0 Å². The lowest BCUT2D eigenvalue weighted by Crippen LogP contribution is -2.55. The van der Waals surface area contributed by atoms with Gasteiger partial charge in [-0.1, -0.05) is 0 Å². The van der Waals surface area contributed by atoms with Crippen LogP contribution in [-0.4, -0.2) is 34.2 Å². The van der Waals surface area contributed by atoms with Crippen LogP contribution in [0.4, 0.5) is 0 Å². The van der Waals surface area contributed by atoms with E-state index in [1.54, 1.807) is 0 Å². The first kappa shape index (κ1) is 10.4. The Morgan fingerprint density at radius 1 is 1.29 bits per heavy atom. The second-order valence-electron chi connectivity index (χ2n) is 6.07. The first-order valence-electron chi connectivity index (χ1n) is 5.89. The summed E-state index contributed by atoms with van der Waals surface area (Å²) in [7, 11) is 0. The van der Waals surface area contributed by atoms with Crippen molar-refractivity contribution in [3.63, 3.8) is 0 Å². The standard InChI is InChI=1S/C12H23NO/c1-11(2,3)13-8-4-7-12(14,9-13)10-5-6-10/h10,14H,4-9H2,1-3H3/t12-/m0/s1. The number of aliphatic hydroxyl groups is 1. The Morgan fingerprint density at radius 3 is 2.43 bits per heavy atom. The lowest BCUT2D eigenvalue weighted by atomic mass is 9.86. The minimum atomic E-state index is -0.356. The van der Waals surface area contributed by atoms with Crippen LogP contribution in [0.25, 0.3) is 0 Å². The molecule has 0 amide bonds. The molecule has 1 saturated heterocycles. The fraction of sp³-hybridized carbons (Fsp3) is 1.00. The van der Waals surface area contributed by atoms with E-state index in [4.69, 9.17) is 0 Å². The maximum absolute atomic E-state index is 10.5. The van der Waals surface area contributed by atoms with Crippen molar-refractivity contribution in [1.29, 1.82) is 0 Å². The van der Waals surface area contributed by atoms with Crippen LogP contribution in [0.1, 0.15) is 46.5 Å². The highest BCUT2D eigenvalue weighted by molar-refractivity contribution is 5.00. The van der Waals surface area contributed by atoms with E-state index in [1.807, 2.05) is 0 Å². The zero-order valence-electron chi connectivity index (χ0n) is 9.71. The summed E-state index contributed by atoms with van der Waals surface area (Å²) in [5.41, 5.74) is -0.144. The van der Waals surface area contributed by atoms with E-state index in [-0.39, 0.29) is 11.1 Å². The minimum Gasteiger partial charge on any atom is -0.388 e. The second-order valence-corrected chi connectivity index (χ2v) is 6.07. The number of hydrogen-bond acceptors (Lipinski definition) is 2. The average molecular weight is 197 g/mol. The Kier molecular flexibility index (Phi) is 2.39. The highest BCUT2D eigenvalue weighted by Crippen LogP contribution is 2.44. The monoisotopic (exact) mass is 197 g/mol. The van der Waals surface area contributed by atoms with Gasteiger partial charge in [0, 0.05) is 12.1 Å². The van der Waals surface area contributed by atoms with Crippen LogP contribution in [0, 0.1) is 5.92 Å². The molecule has 1 atom stereocenters. The first-order chi connectivity index (χ1) is 6.42. The van der Waals surface area contributed by atoms with Gasteiger partial charge in [-0.15, -0.1) is 0 Å². The van der Waals surface area contributed by atoms with Gasteiger partial charge in [0.1, 0.15) is 0 Å². The molecule has 2 aliphatic rings. The van der Waals surface area contributed by atoms with Crippen molar-refractivity contribution in [2.75, 3.05) is 13.1 Å². The molecule has 2 heteroatoms. The Morgan fingerprint density at radius 2 is 1.93 bits per heavy atom. The zero-order chi connectivity index (χ0) is 10.4. The quantitative estimate of drug-likeness (QED) is 0.695. The molecule has 0 spiro atoms. The third kappa shape index (κ3) is 1.96. The molecular weight excluding hydrogens is 174 g/mol. The Balaban J connectivity index is 2.03.